The van der Waals surface area contributed by atoms with E-state index in [-0.39, 0.29) is 31.4 Å². The Bertz CT molecular complexity index is 620. The molecule has 1 aliphatic rings. The predicted molar refractivity (Wildman–Crippen MR) is 88.6 cm³/mol. The quantitative estimate of drug-likeness (QED) is 0.615. The molecule has 1 aromatic carbocycles. The largest absolute Gasteiger partial charge is 0.477 e. The summed E-state index contributed by atoms with van der Waals surface area (Å²) in [5.74, 6) is -0.627. The standard InChI is InChI=1S/C16H22N4O4/c1-2-7-18-16(23)13-9-20(10-15(22)19-8-14(17)21)11-5-3-4-6-12(11)24-13/h3-6,13H,2,7-10H2,1H3,(H2,17,21)(H,18,23)(H,19,22)/t13-/m1/s1. The molecule has 0 aliphatic carbocycles. The smallest absolute Gasteiger partial charge is 0.262 e. The number of nitrogens with one attached hydrogen (secondary N) is 2. The van der Waals surface area contributed by atoms with Gasteiger partial charge < -0.3 is 26.0 Å². The van der Waals surface area contributed by atoms with Gasteiger partial charge in [-0.05, 0) is 18.6 Å². The Morgan fingerprint density at radius 3 is 2.75 bits per heavy atom. The number of anilines is 1. The van der Waals surface area contributed by atoms with Gasteiger partial charge in [0.05, 0.1) is 25.3 Å². The molecule has 0 bridgehead atoms. The SMILES string of the molecule is CCCNC(=O)[C@H]1CN(CC(=O)NCC(N)=O)c2ccccc2O1. The molecule has 1 atom stereocenters. The van der Waals surface area contributed by atoms with Crippen LogP contribution in [0.25, 0.3) is 0 Å². The summed E-state index contributed by atoms with van der Waals surface area (Å²) >= 11 is 0. The molecule has 2 rings (SSSR count). The van der Waals surface area contributed by atoms with Crippen LogP contribution in [-0.2, 0) is 14.4 Å². The highest BCUT2D eigenvalue weighted by Gasteiger charge is 2.31. The molecule has 0 aromatic heterocycles. The molecule has 4 N–H and O–H groups in total. The predicted octanol–water partition coefficient (Wildman–Crippen LogP) is -0.618. The highest BCUT2D eigenvalue weighted by atomic mass is 16.5. The number of hydrogen-bond acceptors (Lipinski definition) is 5. The minimum absolute atomic E-state index is 0.00517. The lowest BCUT2D eigenvalue weighted by Gasteiger charge is -2.35. The van der Waals surface area contributed by atoms with Gasteiger partial charge in [0, 0.05) is 6.54 Å². The second-order valence-corrected chi connectivity index (χ2v) is 5.49. The Morgan fingerprint density at radius 2 is 2.04 bits per heavy atom. The maximum Gasteiger partial charge on any atom is 0.262 e. The fourth-order valence-electron chi connectivity index (χ4n) is 2.37. The van der Waals surface area contributed by atoms with Crippen LogP contribution in [0.2, 0.25) is 0 Å². The van der Waals surface area contributed by atoms with Crippen LogP contribution in [0.5, 0.6) is 5.75 Å². The van der Waals surface area contributed by atoms with Gasteiger partial charge in [-0.1, -0.05) is 19.1 Å². The molecule has 0 fully saturated rings. The number of amides is 3. The zero-order chi connectivity index (χ0) is 17.5. The van der Waals surface area contributed by atoms with E-state index >= 15 is 0 Å². The van der Waals surface area contributed by atoms with Gasteiger partial charge in [-0.3, -0.25) is 14.4 Å². The molecule has 24 heavy (non-hydrogen) atoms. The minimum atomic E-state index is -0.699. The topological polar surface area (TPSA) is 114 Å². The summed E-state index contributed by atoms with van der Waals surface area (Å²) in [5.41, 5.74) is 5.75. The van der Waals surface area contributed by atoms with Crippen molar-refractivity contribution in [3.8, 4) is 5.75 Å². The second kappa shape index (κ2) is 8.19. The number of ether oxygens (including phenoxy) is 1. The van der Waals surface area contributed by atoms with E-state index < -0.39 is 12.0 Å². The molecule has 0 saturated heterocycles. The first-order valence-corrected chi connectivity index (χ1v) is 7.84. The zero-order valence-corrected chi connectivity index (χ0v) is 13.6. The summed E-state index contributed by atoms with van der Waals surface area (Å²) in [6, 6.07) is 7.20. The number of carbonyl (C=O) groups excluding carboxylic acids is 3. The van der Waals surface area contributed by atoms with Gasteiger partial charge in [0.1, 0.15) is 5.75 Å². The van der Waals surface area contributed by atoms with Crippen molar-refractivity contribution in [2.24, 2.45) is 5.73 Å². The van der Waals surface area contributed by atoms with E-state index in [9.17, 15) is 14.4 Å². The molecule has 1 aromatic rings. The molecule has 0 saturated carbocycles. The van der Waals surface area contributed by atoms with Crippen molar-refractivity contribution in [3.05, 3.63) is 24.3 Å². The fraction of sp³-hybridized carbons (Fsp3) is 0.438. The highest BCUT2D eigenvalue weighted by molar-refractivity contribution is 5.88. The number of nitrogens with zero attached hydrogens (tertiary/aromatic N) is 1. The number of benzene rings is 1. The molecule has 8 nitrogen and oxygen atoms in total. The molecule has 1 heterocycles. The molecule has 3 amide bonds. The van der Waals surface area contributed by atoms with E-state index in [0.717, 1.165) is 12.1 Å². The summed E-state index contributed by atoms with van der Waals surface area (Å²) in [7, 11) is 0. The summed E-state index contributed by atoms with van der Waals surface area (Å²) < 4.78 is 5.74. The van der Waals surface area contributed by atoms with E-state index in [0.29, 0.717) is 12.3 Å². The number of para-hydroxylation sites is 2. The molecule has 0 radical (unpaired) electrons. The van der Waals surface area contributed by atoms with Crippen molar-refractivity contribution in [2.45, 2.75) is 19.4 Å². The van der Waals surface area contributed by atoms with E-state index in [1.807, 2.05) is 19.1 Å². The van der Waals surface area contributed by atoms with Crippen LogP contribution in [-0.4, -0.2) is 50.0 Å². The second-order valence-electron chi connectivity index (χ2n) is 5.49. The number of fused-ring (bicyclic) bond motifs is 1. The van der Waals surface area contributed by atoms with Crippen molar-refractivity contribution in [1.82, 2.24) is 10.6 Å². The van der Waals surface area contributed by atoms with E-state index in [1.165, 1.54) is 0 Å². The van der Waals surface area contributed by atoms with Crippen LogP contribution < -0.4 is 26.0 Å². The van der Waals surface area contributed by atoms with Gasteiger partial charge in [0.15, 0.2) is 6.10 Å². The average molecular weight is 334 g/mol. The zero-order valence-electron chi connectivity index (χ0n) is 13.6. The minimum Gasteiger partial charge on any atom is -0.477 e. The van der Waals surface area contributed by atoms with Gasteiger partial charge >= 0.3 is 0 Å². The Labute approximate surface area is 140 Å². The first-order valence-electron chi connectivity index (χ1n) is 7.84. The lowest BCUT2D eigenvalue weighted by atomic mass is 10.1. The number of carbonyl (C=O) groups is 3. The number of primary amides is 1. The van der Waals surface area contributed by atoms with E-state index in [2.05, 4.69) is 10.6 Å². The third-order valence-electron chi connectivity index (χ3n) is 3.50. The summed E-state index contributed by atoms with van der Waals surface area (Å²) in [6.07, 6.45) is 0.129. The number of rotatable bonds is 7. The molecule has 1 aliphatic heterocycles. The maximum absolute atomic E-state index is 12.2. The van der Waals surface area contributed by atoms with Crippen LogP contribution in [0, 0.1) is 0 Å². The van der Waals surface area contributed by atoms with Crippen molar-refractivity contribution < 1.29 is 19.1 Å². The Morgan fingerprint density at radius 1 is 1.29 bits per heavy atom. The van der Waals surface area contributed by atoms with Crippen LogP contribution in [0.1, 0.15) is 13.3 Å². The van der Waals surface area contributed by atoms with Gasteiger partial charge in [-0.2, -0.15) is 0 Å². The number of hydrogen-bond donors (Lipinski definition) is 3. The maximum atomic E-state index is 12.2. The van der Waals surface area contributed by atoms with Gasteiger partial charge in [0.2, 0.25) is 11.8 Å². The highest BCUT2D eigenvalue weighted by Crippen LogP contribution is 2.32. The monoisotopic (exact) mass is 334 g/mol. The van der Waals surface area contributed by atoms with Crippen molar-refractivity contribution in [1.29, 1.82) is 0 Å². The molecule has 8 heteroatoms. The number of nitrogens with two attached hydrogens (primary N) is 1. The Balaban J connectivity index is 2.09. The summed E-state index contributed by atoms with van der Waals surface area (Å²) in [4.78, 5) is 36.7. The Hall–Kier alpha value is -2.77. The summed E-state index contributed by atoms with van der Waals surface area (Å²) in [5, 5.41) is 5.24. The third kappa shape index (κ3) is 4.61. The van der Waals surface area contributed by atoms with Crippen LogP contribution >= 0.6 is 0 Å². The summed E-state index contributed by atoms with van der Waals surface area (Å²) in [6.45, 7) is 2.57. The van der Waals surface area contributed by atoms with Crippen LogP contribution in [0.3, 0.4) is 0 Å². The molecular formula is C16H22N4O4. The fourth-order valence-corrected chi connectivity index (χ4v) is 2.37. The molecule has 0 spiro atoms. The van der Waals surface area contributed by atoms with Gasteiger partial charge in [-0.25, -0.2) is 0 Å². The van der Waals surface area contributed by atoms with E-state index in [1.54, 1.807) is 17.0 Å². The Kier molecular flexibility index (Phi) is 6.00. The van der Waals surface area contributed by atoms with Crippen LogP contribution in [0.15, 0.2) is 24.3 Å². The average Bonchev–Trinajstić information content (AvgIpc) is 2.57. The van der Waals surface area contributed by atoms with E-state index in [4.69, 9.17) is 10.5 Å². The first-order chi connectivity index (χ1) is 11.5. The van der Waals surface area contributed by atoms with Crippen molar-refractivity contribution >= 4 is 23.4 Å². The molecular weight excluding hydrogens is 312 g/mol. The molecule has 0 unspecified atom stereocenters. The third-order valence-corrected chi connectivity index (χ3v) is 3.50. The first kappa shape index (κ1) is 17.6. The lowest BCUT2D eigenvalue weighted by molar-refractivity contribution is -0.128. The normalized spacial score (nSPS) is 15.9. The lowest BCUT2D eigenvalue weighted by Crippen LogP contribution is -2.51. The van der Waals surface area contributed by atoms with Gasteiger partial charge in [-0.15, -0.1) is 0 Å². The van der Waals surface area contributed by atoms with Crippen molar-refractivity contribution in [3.63, 3.8) is 0 Å². The van der Waals surface area contributed by atoms with Crippen molar-refractivity contribution in [2.75, 3.05) is 31.1 Å². The molecule has 130 valence electrons. The van der Waals surface area contributed by atoms with Gasteiger partial charge in [0.25, 0.3) is 5.91 Å². The van der Waals surface area contributed by atoms with Crippen LogP contribution in [0.4, 0.5) is 5.69 Å².